The maximum atomic E-state index is 13.1. The molecule has 0 atom stereocenters. The average Bonchev–Trinajstić information content (AvgIpc) is 2.38. The van der Waals surface area contributed by atoms with Gasteiger partial charge in [-0.05, 0) is 30.7 Å². The number of rotatable bonds is 4. The van der Waals surface area contributed by atoms with Crippen LogP contribution in [0.4, 0.5) is 15.8 Å². The fraction of sp³-hybridized carbons (Fsp3) is 0.0769. The zero-order valence-corrected chi connectivity index (χ0v) is 11.7. The molecule has 0 aliphatic rings. The van der Waals surface area contributed by atoms with Crippen molar-refractivity contribution in [2.45, 2.75) is 11.8 Å². The number of nitrogens with one attached hydrogen (secondary N) is 1. The minimum atomic E-state index is -4.04. The van der Waals surface area contributed by atoms with Crippen molar-refractivity contribution in [3.8, 4) is 0 Å². The number of sulfonamides is 1. The third-order valence-corrected chi connectivity index (χ3v) is 4.27. The van der Waals surface area contributed by atoms with E-state index < -0.39 is 20.8 Å². The number of nitro benzene ring substituents is 1. The molecule has 2 aromatic carbocycles. The van der Waals surface area contributed by atoms with Crippen LogP contribution in [0.15, 0.2) is 47.4 Å². The predicted molar refractivity (Wildman–Crippen MR) is 75.0 cm³/mol. The van der Waals surface area contributed by atoms with E-state index in [2.05, 4.69) is 4.72 Å². The Morgan fingerprint density at radius 1 is 1.19 bits per heavy atom. The Balaban J connectivity index is 2.44. The molecule has 0 fully saturated rings. The number of anilines is 1. The average molecular weight is 310 g/mol. The number of non-ortho nitro benzene ring substituents is 1. The first-order chi connectivity index (χ1) is 9.79. The van der Waals surface area contributed by atoms with E-state index in [1.807, 2.05) is 0 Å². The Labute approximate surface area is 120 Å². The van der Waals surface area contributed by atoms with E-state index in [4.69, 9.17) is 0 Å². The number of nitrogens with zero attached hydrogens (tertiary/aromatic N) is 1. The molecule has 2 rings (SSSR count). The van der Waals surface area contributed by atoms with E-state index in [1.54, 1.807) is 0 Å². The van der Waals surface area contributed by atoms with Crippen LogP contribution in [0.1, 0.15) is 5.56 Å². The van der Waals surface area contributed by atoms with Gasteiger partial charge in [0.2, 0.25) is 0 Å². The summed E-state index contributed by atoms with van der Waals surface area (Å²) < 4.78 is 39.8. The number of benzene rings is 2. The molecule has 21 heavy (non-hydrogen) atoms. The molecule has 0 saturated heterocycles. The lowest BCUT2D eigenvalue weighted by Gasteiger charge is -2.10. The van der Waals surface area contributed by atoms with E-state index >= 15 is 0 Å². The highest BCUT2D eigenvalue weighted by Crippen LogP contribution is 2.24. The van der Waals surface area contributed by atoms with Crippen LogP contribution in [0.25, 0.3) is 0 Å². The smallest absolute Gasteiger partial charge is 0.270 e. The molecule has 0 spiro atoms. The predicted octanol–water partition coefficient (Wildman–Crippen LogP) is 2.84. The van der Waals surface area contributed by atoms with Crippen LogP contribution in [-0.2, 0) is 10.0 Å². The van der Waals surface area contributed by atoms with Gasteiger partial charge in [-0.25, -0.2) is 12.8 Å². The van der Waals surface area contributed by atoms with Gasteiger partial charge in [-0.1, -0.05) is 12.1 Å². The van der Waals surface area contributed by atoms with Gasteiger partial charge in [0, 0.05) is 12.1 Å². The molecule has 0 amide bonds. The molecule has 0 radical (unpaired) electrons. The topological polar surface area (TPSA) is 89.3 Å². The summed E-state index contributed by atoms with van der Waals surface area (Å²) in [4.78, 5) is 9.83. The normalized spacial score (nSPS) is 11.1. The summed E-state index contributed by atoms with van der Waals surface area (Å²) in [6, 6.07) is 8.47. The molecule has 8 heteroatoms. The van der Waals surface area contributed by atoms with Crippen molar-refractivity contribution >= 4 is 21.4 Å². The van der Waals surface area contributed by atoms with Crippen molar-refractivity contribution in [1.82, 2.24) is 0 Å². The molecule has 0 aliphatic heterocycles. The second kappa shape index (κ2) is 5.49. The van der Waals surface area contributed by atoms with Crippen LogP contribution in [0.5, 0.6) is 0 Å². The number of hydrogen-bond acceptors (Lipinski definition) is 4. The van der Waals surface area contributed by atoms with Gasteiger partial charge in [0.05, 0.1) is 15.5 Å². The zero-order chi connectivity index (χ0) is 15.6. The Kier molecular flexibility index (Phi) is 3.90. The Bertz CT molecular complexity index is 806. The number of nitro groups is 1. The summed E-state index contributed by atoms with van der Waals surface area (Å²) in [6.07, 6.45) is 0. The van der Waals surface area contributed by atoms with E-state index in [0.717, 1.165) is 12.1 Å². The summed E-state index contributed by atoms with van der Waals surface area (Å²) in [7, 11) is -4.04. The lowest BCUT2D eigenvalue weighted by molar-refractivity contribution is -0.385. The molecule has 1 N–H and O–H groups in total. The van der Waals surface area contributed by atoms with Gasteiger partial charge in [0.15, 0.2) is 0 Å². The van der Waals surface area contributed by atoms with E-state index in [1.165, 1.54) is 37.3 Å². The lowest BCUT2D eigenvalue weighted by atomic mass is 10.2. The fourth-order valence-electron chi connectivity index (χ4n) is 1.75. The quantitative estimate of drug-likeness (QED) is 0.694. The monoisotopic (exact) mass is 310 g/mol. The SMILES string of the molecule is Cc1ccc([N+](=O)[O-])cc1S(=O)(=O)Nc1cccc(F)c1. The van der Waals surface area contributed by atoms with Crippen LogP contribution in [0, 0.1) is 22.9 Å². The molecule has 6 nitrogen and oxygen atoms in total. The Morgan fingerprint density at radius 3 is 2.52 bits per heavy atom. The van der Waals surface area contributed by atoms with Crippen molar-refractivity contribution in [1.29, 1.82) is 0 Å². The number of hydrogen-bond donors (Lipinski definition) is 1. The van der Waals surface area contributed by atoms with Gasteiger partial charge in [0.1, 0.15) is 5.82 Å². The highest BCUT2D eigenvalue weighted by molar-refractivity contribution is 7.92. The van der Waals surface area contributed by atoms with Gasteiger partial charge in [-0.2, -0.15) is 0 Å². The minimum Gasteiger partial charge on any atom is -0.280 e. The van der Waals surface area contributed by atoms with Crippen LogP contribution in [0.3, 0.4) is 0 Å². The van der Waals surface area contributed by atoms with E-state index in [0.29, 0.717) is 5.56 Å². The highest BCUT2D eigenvalue weighted by Gasteiger charge is 2.20. The van der Waals surface area contributed by atoms with E-state index in [-0.39, 0.29) is 16.3 Å². The molecule has 0 aliphatic carbocycles. The summed E-state index contributed by atoms with van der Waals surface area (Å²) in [5.74, 6) is -0.592. The van der Waals surface area contributed by atoms with Crippen molar-refractivity contribution < 1.29 is 17.7 Å². The highest BCUT2D eigenvalue weighted by atomic mass is 32.2. The maximum Gasteiger partial charge on any atom is 0.270 e. The molecule has 0 heterocycles. The molecule has 0 saturated carbocycles. The summed E-state index contributed by atoms with van der Waals surface area (Å²) in [6.45, 7) is 1.52. The maximum absolute atomic E-state index is 13.1. The summed E-state index contributed by atoms with van der Waals surface area (Å²) >= 11 is 0. The molecule has 0 aromatic heterocycles. The van der Waals surface area contributed by atoms with Crippen molar-refractivity contribution in [2.24, 2.45) is 0 Å². The second-order valence-electron chi connectivity index (χ2n) is 4.32. The van der Waals surface area contributed by atoms with Gasteiger partial charge < -0.3 is 0 Å². The van der Waals surface area contributed by atoms with Gasteiger partial charge in [-0.3, -0.25) is 14.8 Å². The van der Waals surface area contributed by atoms with Crippen LogP contribution in [-0.4, -0.2) is 13.3 Å². The third-order valence-electron chi connectivity index (χ3n) is 2.75. The first kappa shape index (κ1) is 14.9. The molecular weight excluding hydrogens is 299 g/mol. The van der Waals surface area contributed by atoms with E-state index in [9.17, 15) is 22.9 Å². The zero-order valence-electron chi connectivity index (χ0n) is 10.9. The fourth-order valence-corrected chi connectivity index (χ4v) is 3.07. The molecule has 2 aromatic rings. The summed E-state index contributed by atoms with van der Waals surface area (Å²) in [5.41, 5.74) is 0.0608. The third kappa shape index (κ3) is 3.34. The molecular formula is C13H11FN2O4S. The Hall–Kier alpha value is -2.48. The van der Waals surface area contributed by atoms with Gasteiger partial charge >= 0.3 is 0 Å². The van der Waals surface area contributed by atoms with Crippen molar-refractivity contribution in [3.63, 3.8) is 0 Å². The number of aryl methyl sites for hydroxylation is 1. The Morgan fingerprint density at radius 2 is 1.90 bits per heavy atom. The van der Waals surface area contributed by atoms with Crippen molar-refractivity contribution in [2.75, 3.05) is 4.72 Å². The molecule has 0 bridgehead atoms. The standard InChI is InChI=1S/C13H11FN2O4S/c1-9-5-6-12(16(17)18)8-13(9)21(19,20)15-11-4-2-3-10(14)7-11/h2-8,15H,1H3. The van der Waals surface area contributed by atoms with Crippen molar-refractivity contribution in [3.05, 3.63) is 64.0 Å². The first-order valence-electron chi connectivity index (χ1n) is 5.83. The summed E-state index contributed by atoms with van der Waals surface area (Å²) in [5, 5.41) is 10.7. The molecule has 0 unspecified atom stereocenters. The lowest BCUT2D eigenvalue weighted by Crippen LogP contribution is -2.14. The second-order valence-corrected chi connectivity index (χ2v) is 5.97. The number of halogens is 1. The minimum absolute atomic E-state index is 0.0425. The van der Waals surface area contributed by atoms with Crippen LogP contribution >= 0.6 is 0 Å². The first-order valence-corrected chi connectivity index (χ1v) is 7.31. The van der Waals surface area contributed by atoms with Gasteiger partial charge in [-0.15, -0.1) is 0 Å². The largest absolute Gasteiger partial charge is 0.280 e. The molecule has 110 valence electrons. The van der Waals surface area contributed by atoms with Gasteiger partial charge in [0.25, 0.3) is 15.7 Å². The van der Waals surface area contributed by atoms with Crippen LogP contribution in [0.2, 0.25) is 0 Å². The van der Waals surface area contributed by atoms with Crippen LogP contribution < -0.4 is 4.72 Å².